The van der Waals surface area contributed by atoms with Gasteiger partial charge in [-0.3, -0.25) is 9.78 Å². The van der Waals surface area contributed by atoms with Crippen LogP contribution in [0, 0.1) is 0 Å². The topological polar surface area (TPSA) is 72.7 Å². The van der Waals surface area contributed by atoms with Crippen molar-refractivity contribution in [3.8, 4) is 0 Å². The molecule has 0 unspecified atom stereocenters. The van der Waals surface area contributed by atoms with Gasteiger partial charge in [0, 0.05) is 17.4 Å². The highest BCUT2D eigenvalue weighted by Crippen LogP contribution is 2.46. The third-order valence-corrected chi connectivity index (χ3v) is 5.49. The molecule has 29 heavy (non-hydrogen) atoms. The molecule has 1 aliphatic rings. The molecule has 0 radical (unpaired) electrons. The van der Waals surface area contributed by atoms with E-state index in [-0.39, 0.29) is 11.4 Å². The van der Waals surface area contributed by atoms with Crippen LogP contribution in [0.1, 0.15) is 34.5 Å². The van der Waals surface area contributed by atoms with Gasteiger partial charge in [-0.2, -0.15) is 0 Å². The number of nitrogens with one attached hydrogen (secondary N) is 1. The fraction of sp³-hybridized carbons (Fsp3) is 0.182. The van der Waals surface area contributed by atoms with Gasteiger partial charge in [0.25, 0.3) is 5.91 Å². The van der Waals surface area contributed by atoms with Gasteiger partial charge in [0.15, 0.2) is 5.65 Å². The summed E-state index contributed by atoms with van der Waals surface area (Å²) >= 11 is 6.12. The van der Waals surface area contributed by atoms with Crippen LogP contribution in [0.2, 0.25) is 5.02 Å². The lowest BCUT2D eigenvalue weighted by molar-refractivity contribution is 0.0930. The normalized spacial score (nSPS) is 14.7. The molecule has 7 heteroatoms. The Hall–Kier alpha value is -3.25. The number of benzene rings is 1. The highest BCUT2D eigenvalue weighted by molar-refractivity contribution is 6.30. The van der Waals surface area contributed by atoms with Crippen LogP contribution in [0.5, 0.6) is 0 Å². The van der Waals surface area contributed by atoms with E-state index in [2.05, 4.69) is 20.3 Å². The summed E-state index contributed by atoms with van der Waals surface area (Å²) in [6.07, 6.45) is 6.88. The second-order valence-electron chi connectivity index (χ2n) is 7.31. The Morgan fingerprint density at radius 2 is 2.00 bits per heavy atom. The van der Waals surface area contributed by atoms with Crippen LogP contribution in [0.4, 0.5) is 0 Å². The first-order valence-corrected chi connectivity index (χ1v) is 9.80. The largest absolute Gasteiger partial charge is 0.342 e. The zero-order valence-electron chi connectivity index (χ0n) is 15.5. The Bertz CT molecular complexity index is 1200. The molecule has 3 aromatic heterocycles. The van der Waals surface area contributed by atoms with Crippen LogP contribution in [0.3, 0.4) is 0 Å². The molecular weight excluding hydrogens is 386 g/mol. The molecule has 1 amide bonds. The van der Waals surface area contributed by atoms with Crippen molar-refractivity contribution in [1.82, 2.24) is 24.8 Å². The molecule has 3 heterocycles. The summed E-state index contributed by atoms with van der Waals surface area (Å²) in [6, 6.07) is 15.2. The molecule has 144 valence electrons. The van der Waals surface area contributed by atoms with E-state index in [9.17, 15) is 4.79 Å². The van der Waals surface area contributed by atoms with Gasteiger partial charge in [-0.1, -0.05) is 29.8 Å². The fourth-order valence-corrected chi connectivity index (χ4v) is 3.73. The molecule has 0 spiro atoms. The van der Waals surface area contributed by atoms with Crippen molar-refractivity contribution in [2.45, 2.75) is 24.9 Å². The SMILES string of the molecule is O=C(NC1(c2cccc(Cl)c2)CC1)c1cnc2c(c1)ncn2Cc1ccccn1. The molecule has 0 aliphatic heterocycles. The van der Waals surface area contributed by atoms with Gasteiger partial charge >= 0.3 is 0 Å². The number of carbonyl (C=O) groups excluding carboxylic acids is 1. The number of hydrogen-bond acceptors (Lipinski definition) is 4. The van der Waals surface area contributed by atoms with E-state index in [4.69, 9.17) is 11.6 Å². The second-order valence-corrected chi connectivity index (χ2v) is 7.74. The monoisotopic (exact) mass is 403 g/mol. The molecular formula is C22H18ClN5O. The van der Waals surface area contributed by atoms with Crippen molar-refractivity contribution in [2.75, 3.05) is 0 Å². The Morgan fingerprint density at radius 1 is 1.10 bits per heavy atom. The molecule has 0 bridgehead atoms. The zero-order chi connectivity index (χ0) is 19.8. The van der Waals surface area contributed by atoms with E-state index in [1.54, 1.807) is 24.8 Å². The number of carbonyl (C=O) groups is 1. The third kappa shape index (κ3) is 3.47. The standard InChI is InChI=1S/C22H18ClN5O/c23-17-5-3-4-16(11-17)22(7-8-22)27-21(29)15-10-19-20(25-12-15)28(14-26-19)13-18-6-1-2-9-24-18/h1-6,9-12,14H,7-8,13H2,(H,27,29). The Balaban J connectivity index is 1.37. The lowest BCUT2D eigenvalue weighted by Gasteiger charge is -2.18. The minimum Gasteiger partial charge on any atom is -0.342 e. The fourth-order valence-electron chi connectivity index (χ4n) is 3.54. The zero-order valence-corrected chi connectivity index (χ0v) is 16.3. The maximum Gasteiger partial charge on any atom is 0.253 e. The molecule has 1 aromatic carbocycles. The summed E-state index contributed by atoms with van der Waals surface area (Å²) in [6.45, 7) is 0.577. The first-order chi connectivity index (χ1) is 14.1. The molecule has 4 aromatic rings. The third-order valence-electron chi connectivity index (χ3n) is 5.26. The summed E-state index contributed by atoms with van der Waals surface area (Å²) in [5.41, 5.74) is 3.52. The average Bonchev–Trinajstić information content (AvgIpc) is 3.42. The smallest absolute Gasteiger partial charge is 0.253 e. The van der Waals surface area contributed by atoms with Crippen molar-refractivity contribution >= 4 is 28.7 Å². The summed E-state index contributed by atoms with van der Waals surface area (Å²) < 4.78 is 1.92. The van der Waals surface area contributed by atoms with Gasteiger partial charge in [-0.15, -0.1) is 0 Å². The maximum absolute atomic E-state index is 12.9. The Kier molecular flexibility index (Phi) is 4.28. The summed E-state index contributed by atoms with van der Waals surface area (Å²) in [5.74, 6) is -0.156. The lowest BCUT2D eigenvalue weighted by atomic mass is 10.0. The first-order valence-electron chi connectivity index (χ1n) is 9.42. The molecule has 6 nitrogen and oxygen atoms in total. The maximum atomic E-state index is 12.9. The van der Waals surface area contributed by atoms with Gasteiger partial charge in [-0.05, 0) is 48.7 Å². The van der Waals surface area contributed by atoms with Crippen molar-refractivity contribution in [2.24, 2.45) is 0 Å². The molecule has 1 saturated carbocycles. The van der Waals surface area contributed by atoms with Gasteiger partial charge in [-0.25, -0.2) is 9.97 Å². The van der Waals surface area contributed by atoms with Gasteiger partial charge in [0.1, 0.15) is 5.52 Å². The quantitative estimate of drug-likeness (QED) is 0.547. The van der Waals surface area contributed by atoms with E-state index in [0.717, 1.165) is 29.7 Å². The molecule has 1 fully saturated rings. The Labute approximate surface area is 172 Å². The van der Waals surface area contributed by atoms with Crippen molar-refractivity contribution < 1.29 is 4.79 Å². The number of aromatic nitrogens is 4. The summed E-state index contributed by atoms with van der Waals surface area (Å²) in [4.78, 5) is 26.1. The number of hydrogen-bond donors (Lipinski definition) is 1. The lowest BCUT2D eigenvalue weighted by Crippen LogP contribution is -2.34. The van der Waals surface area contributed by atoms with E-state index in [1.165, 1.54) is 0 Å². The molecule has 1 aliphatic carbocycles. The molecule has 1 N–H and O–H groups in total. The van der Waals surface area contributed by atoms with Gasteiger partial charge < -0.3 is 9.88 Å². The average molecular weight is 404 g/mol. The minimum absolute atomic E-state index is 0.156. The molecule has 0 atom stereocenters. The minimum atomic E-state index is -0.338. The van der Waals surface area contributed by atoms with Crippen LogP contribution >= 0.6 is 11.6 Å². The number of pyridine rings is 2. The number of rotatable bonds is 5. The van der Waals surface area contributed by atoms with Crippen LogP contribution < -0.4 is 5.32 Å². The van der Waals surface area contributed by atoms with Crippen molar-refractivity contribution in [3.63, 3.8) is 0 Å². The van der Waals surface area contributed by atoms with Crippen LogP contribution in [-0.4, -0.2) is 25.4 Å². The number of halogens is 1. The van der Waals surface area contributed by atoms with Crippen molar-refractivity contribution in [3.05, 3.63) is 89.1 Å². The number of fused-ring (bicyclic) bond motifs is 1. The second kappa shape index (κ2) is 6.97. The number of imidazole rings is 1. The van der Waals surface area contributed by atoms with Gasteiger partial charge in [0.2, 0.25) is 0 Å². The number of amides is 1. The highest BCUT2D eigenvalue weighted by atomic mass is 35.5. The predicted molar refractivity (Wildman–Crippen MR) is 111 cm³/mol. The molecule has 5 rings (SSSR count). The molecule has 0 saturated heterocycles. The van der Waals surface area contributed by atoms with Crippen LogP contribution in [-0.2, 0) is 12.1 Å². The first kappa shape index (κ1) is 17.8. The van der Waals surface area contributed by atoms with Crippen molar-refractivity contribution in [1.29, 1.82) is 0 Å². The summed E-state index contributed by atoms with van der Waals surface area (Å²) in [5, 5.41) is 3.83. The Morgan fingerprint density at radius 3 is 2.76 bits per heavy atom. The van der Waals surface area contributed by atoms with E-state index in [0.29, 0.717) is 22.6 Å². The van der Waals surface area contributed by atoms with E-state index < -0.39 is 0 Å². The van der Waals surface area contributed by atoms with Gasteiger partial charge in [0.05, 0.1) is 29.7 Å². The highest BCUT2D eigenvalue weighted by Gasteiger charge is 2.45. The van der Waals surface area contributed by atoms with E-state index in [1.807, 2.05) is 47.0 Å². The summed E-state index contributed by atoms with van der Waals surface area (Å²) in [7, 11) is 0. The van der Waals surface area contributed by atoms with Crippen LogP contribution in [0.25, 0.3) is 11.2 Å². The van der Waals surface area contributed by atoms with Crippen LogP contribution in [0.15, 0.2) is 67.3 Å². The predicted octanol–water partition coefficient (Wildman–Crippen LogP) is 3.95. The number of nitrogens with zero attached hydrogens (tertiary/aromatic N) is 4. The van der Waals surface area contributed by atoms with E-state index >= 15 is 0 Å².